The Balaban J connectivity index is 1.63. The molecular formula is C22H21N5O3. The molecule has 0 saturated heterocycles. The fourth-order valence-corrected chi connectivity index (χ4v) is 4.37. The number of ketones is 1. The summed E-state index contributed by atoms with van der Waals surface area (Å²) < 4.78 is 12.6. The molecule has 0 saturated carbocycles. The van der Waals surface area contributed by atoms with Crippen molar-refractivity contribution in [2.45, 2.75) is 24.8 Å². The van der Waals surface area contributed by atoms with Gasteiger partial charge in [-0.15, -0.1) is 0 Å². The molecule has 2 aromatic carbocycles. The molecule has 0 bridgehead atoms. The predicted octanol–water partition coefficient (Wildman–Crippen LogP) is 3.11. The Bertz CT molecular complexity index is 1140. The Morgan fingerprint density at radius 1 is 1.07 bits per heavy atom. The monoisotopic (exact) mass is 403 g/mol. The number of carbonyl (C=O) groups excluding carboxylic acids is 1. The Kier molecular flexibility index (Phi) is 4.46. The standard InChI is InChI=1S/C22H21N5O3/c1-29-15-8-9-16(19(12-15)30-2)21-20-17(23-22-24-25-26-27(21)22)10-14(11-18(20)28)13-6-4-3-5-7-13/h3-9,12,14,21H,10-11H2,1-2H3,(H,23,24,26)/t14-,21+/m0/s1. The SMILES string of the molecule is COc1ccc([C@@H]2C3=C(C[C@H](c4ccccc4)CC3=O)Nc3nnnn32)c(OC)c1. The summed E-state index contributed by atoms with van der Waals surface area (Å²) in [5.74, 6) is 2.01. The number of rotatable bonds is 4. The number of Topliss-reactive ketones (excluding diaryl/α,β-unsaturated/α-hetero) is 1. The summed E-state index contributed by atoms with van der Waals surface area (Å²) in [4.78, 5) is 13.4. The highest BCUT2D eigenvalue weighted by atomic mass is 16.5. The molecule has 0 radical (unpaired) electrons. The van der Waals surface area contributed by atoms with E-state index in [1.807, 2.05) is 36.4 Å². The number of aromatic nitrogens is 4. The number of methoxy groups -OCH3 is 2. The van der Waals surface area contributed by atoms with Gasteiger partial charge in [0.2, 0.25) is 5.95 Å². The van der Waals surface area contributed by atoms with Crippen LogP contribution in [0.5, 0.6) is 11.5 Å². The number of benzene rings is 2. The number of hydrogen-bond donors (Lipinski definition) is 1. The van der Waals surface area contributed by atoms with Gasteiger partial charge >= 0.3 is 0 Å². The summed E-state index contributed by atoms with van der Waals surface area (Å²) in [7, 11) is 3.21. The molecule has 0 spiro atoms. The van der Waals surface area contributed by atoms with Gasteiger partial charge in [0.25, 0.3) is 0 Å². The van der Waals surface area contributed by atoms with Crippen molar-refractivity contribution in [2.75, 3.05) is 19.5 Å². The number of tetrazole rings is 1. The van der Waals surface area contributed by atoms with Gasteiger partial charge in [0.05, 0.1) is 14.2 Å². The van der Waals surface area contributed by atoms with Crippen molar-refractivity contribution in [1.82, 2.24) is 20.2 Å². The zero-order chi connectivity index (χ0) is 20.7. The van der Waals surface area contributed by atoms with Gasteiger partial charge in [-0.2, -0.15) is 4.68 Å². The van der Waals surface area contributed by atoms with Crippen molar-refractivity contribution in [3.8, 4) is 11.5 Å². The highest BCUT2D eigenvalue weighted by Gasteiger charge is 2.40. The van der Waals surface area contributed by atoms with E-state index in [0.29, 0.717) is 35.9 Å². The van der Waals surface area contributed by atoms with Gasteiger partial charge in [0.1, 0.15) is 17.5 Å². The average Bonchev–Trinajstić information content (AvgIpc) is 3.26. The number of anilines is 1. The Labute approximate surface area is 173 Å². The van der Waals surface area contributed by atoms with Crippen LogP contribution in [-0.2, 0) is 4.79 Å². The molecule has 30 heavy (non-hydrogen) atoms. The lowest BCUT2D eigenvalue weighted by molar-refractivity contribution is -0.116. The number of ether oxygens (including phenoxy) is 2. The summed E-state index contributed by atoms with van der Waals surface area (Å²) in [6, 6.07) is 15.2. The first-order chi connectivity index (χ1) is 14.7. The number of fused-ring (bicyclic) bond motifs is 1. The lowest BCUT2D eigenvalue weighted by Gasteiger charge is -2.35. The molecule has 1 aliphatic heterocycles. The van der Waals surface area contributed by atoms with Crippen LogP contribution in [0, 0.1) is 0 Å². The molecule has 3 aromatic rings. The van der Waals surface area contributed by atoms with Crippen molar-refractivity contribution in [1.29, 1.82) is 0 Å². The molecule has 0 amide bonds. The minimum absolute atomic E-state index is 0.0848. The molecule has 0 unspecified atom stereocenters. The first-order valence-electron chi connectivity index (χ1n) is 9.77. The predicted molar refractivity (Wildman–Crippen MR) is 110 cm³/mol. The van der Waals surface area contributed by atoms with Crippen LogP contribution in [0.25, 0.3) is 0 Å². The molecule has 1 N–H and O–H groups in total. The first-order valence-corrected chi connectivity index (χ1v) is 9.77. The van der Waals surface area contributed by atoms with E-state index in [1.165, 1.54) is 0 Å². The molecule has 2 heterocycles. The summed E-state index contributed by atoms with van der Waals surface area (Å²) in [6.45, 7) is 0. The molecule has 2 aliphatic rings. The van der Waals surface area contributed by atoms with Gasteiger partial charge in [-0.3, -0.25) is 4.79 Å². The zero-order valence-corrected chi connectivity index (χ0v) is 16.7. The van der Waals surface area contributed by atoms with Gasteiger partial charge in [-0.25, -0.2) is 0 Å². The fraction of sp³-hybridized carbons (Fsp3) is 0.273. The van der Waals surface area contributed by atoms with Crippen LogP contribution >= 0.6 is 0 Å². The van der Waals surface area contributed by atoms with Gasteiger partial charge in [-0.05, 0) is 40.5 Å². The van der Waals surface area contributed by atoms with Crippen LogP contribution in [0.3, 0.4) is 0 Å². The molecule has 8 nitrogen and oxygen atoms in total. The second kappa shape index (κ2) is 7.29. The van der Waals surface area contributed by atoms with E-state index in [4.69, 9.17) is 9.47 Å². The van der Waals surface area contributed by atoms with Crippen LogP contribution in [-0.4, -0.2) is 40.2 Å². The molecule has 0 fully saturated rings. The van der Waals surface area contributed by atoms with Crippen molar-refractivity contribution < 1.29 is 14.3 Å². The first kappa shape index (κ1) is 18.4. The second-order valence-electron chi connectivity index (χ2n) is 7.41. The van der Waals surface area contributed by atoms with E-state index >= 15 is 0 Å². The number of nitrogens with zero attached hydrogens (tertiary/aromatic N) is 4. The smallest absolute Gasteiger partial charge is 0.248 e. The number of carbonyl (C=O) groups is 1. The third kappa shape index (κ3) is 2.92. The largest absolute Gasteiger partial charge is 0.497 e. The zero-order valence-electron chi connectivity index (χ0n) is 16.7. The maximum absolute atomic E-state index is 13.4. The summed E-state index contributed by atoms with van der Waals surface area (Å²) in [6.07, 6.45) is 1.16. The summed E-state index contributed by atoms with van der Waals surface area (Å²) >= 11 is 0. The van der Waals surface area contributed by atoms with Crippen LogP contribution in [0.15, 0.2) is 59.8 Å². The molecule has 1 aromatic heterocycles. The highest BCUT2D eigenvalue weighted by molar-refractivity contribution is 6.00. The van der Waals surface area contributed by atoms with E-state index in [2.05, 4.69) is 33.0 Å². The molecule has 8 heteroatoms. The minimum Gasteiger partial charge on any atom is -0.497 e. The van der Waals surface area contributed by atoms with E-state index in [0.717, 1.165) is 16.8 Å². The quantitative estimate of drug-likeness (QED) is 0.716. The van der Waals surface area contributed by atoms with Crippen LogP contribution in [0.1, 0.15) is 35.9 Å². The van der Waals surface area contributed by atoms with Gasteiger partial charge in [0, 0.05) is 29.3 Å². The van der Waals surface area contributed by atoms with Gasteiger partial charge < -0.3 is 14.8 Å². The normalized spacial score (nSPS) is 20.3. The Morgan fingerprint density at radius 3 is 2.67 bits per heavy atom. The van der Waals surface area contributed by atoms with Crippen molar-refractivity contribution in [3.63, 3.8) is 0 Å². The third-order valence-electron chi connectivity index (χ3n) is 5.79. The number of nitrogens with one attached hydrogen (secondary N) is 1. The van der Waals surface area contributed by atoms with Gasteiger partial charge in [-0.1, -0.05) is 35.4 Å². The van der Waals surface area contributed by atoms with Crippen molar-refractivity contribution in [3.05, 3.63) is 70.9 Å². The number of hydrogen-bond acceptors (Lipinski definition) is 7. The van der Waals surface area contributed by atoms with Crippen molar-refractivity contribution in [2.24, 2.45) is 0 Å². The van der Waals surface area contributed by atoms with Gasteiger partial charge in [0.15, 0.2) is 5.78 Å². The average molecular weight is 403 g/mol. The van der Waals surface area contributed by atoms with Crippen LogP contribution in [0.2, 0.25) is 0 Å². The number of allylic oxidation sites excluding steroid dienone is 2. The topological polar surface area (TPSA) is 91.2 Å². The third-order valence-corrected chi connectivity index (χ3v) is 5.79. The molecule has 152 valence electrons. The maximum atomic E-state index is 13.4. The lowest BCUT2D eigenvalue weighted by atomic mass is 9.78. The highest BCUT2D eigenvalue weighted by Crippen LogP contribution is 2.45. The fourth-order valence-electron chi connectivity index (χ4n) is 4.37. The van der Waals surface area contributed by atoms with Crippen LogP contribution < -0.4 is 14.8 Å². The van der Waals surface area contributed by atoms with E-state index in [-0.39, 0.29) is 11.7 Å². The summed E-state index contributed by atoms with van der Waals surface area (Å²) in [5.41, 5.74) is 3.52. The summed E-state index contributed by atoms with van der Waals surface area (Å²) in [5, 5.41) is 15.4. The molecule has 2 atom stereocenters. The van der Waals surface area contributed by atoms with E-state index < -0.39 is 6.04 Å². The lowest BCUT2D eigenvalue weighted by Crippen LogP contribution is -2.33. The van der Waals surface area contributed by atoms with Crippen LogP contribution in [0.4, 0.5) is 5.95 Å². The second-order valence-corrected chi connectivity index (χ2v) is 7.41. The maximum Gasteiger partial charge on any atom is 0.248 e. The Hall–Kier alpha value is -3.68. The molecular weight excluding hydrogens is 382 g/mol. The molecule has 1 aliphatic carbocycles. The van der Waals surface area contributed by atoms with Crippen molar-refractivity contribution >= 4 is 11.7 Å². The Morgan fingerprint density at radius 2 is 1.90 bits per heavy atom. The minimum atomic E-state index is -0.462. The van der Waals surface area contributed by atoms with E-state index in [1.54, 1.807) is 18.9 Å². The molecule has 5 rings (SSSR count). The van der Waals surface area contributed by atoms with E-state index in [9.17, 15) is 4.79 Å².